The van der Waals surface area contributed by atoms with Crippen molar-refractivity contribution in [3.63, 3.8) is 0 Å². The van der Waals surface area contributed by atoms with Crippen molar-refractivity contribution in [3.8, 4) is 5.75 Å². The Kier molecular flexibility index (Phi) is 6.15. The van der Waals surface area contributed by atoms with Gasteiger partial charge in [-0.05, 0) is 25.0 Å². The Bertz CT molecular complexity index is 501. The first kappa shape index (κ1) is 16.4. The summed E-state index contributed by atoms with van der Waals surface area (Å²) in [6.45, 7) is 1.85. The first-order valence-electron chi connectivity index (χ1n) is 7.20. The standard InChI is InChI=1S/C15H20Cl2N2O2/c16-12-7-11(9-18)15(13(17)8-12)21-10-14(20)19-5-3-1-2-4-6-19/h7-8H,1-6,9-10,18H2. The van der Waals surface area contributed by atoms with Crippen molar-refractivity contribution in [1.82, 2.24) is 4.90 Å². The van der Waals surface area contributed by atoms with Gasteiger partial charge in [-0.3, -0.25) is 4.79 Å². The number of carbonyl (C=O) groups excluding carboxylic acids is 1. The number of likely N-dealkylation sites (tertiary alicyclic amines) is 1. The van der Waals surface area contributed by atoms with Crippen LogP contribution in [0.15, 0.2) is 12.1 Å². The van der Waals surface area contributed by atoms with E-state index in [9.17, 15) is 4.79 Å². The summed E-state index contributed by atoms with van der Waals surface area (Å²) in [6.07, 6.45) is 4.49. The lowest BCUT2D eigenvalue weighted by atomic mass is 10.2. The maximum Gasteiger partial charge on any atom is 0.260 e. The van der Waals surface area contributed by atoms with Gasteiger partial charge in [-0.15, -0.1) is 0 Å². The molecule has 0 radical (unpaired) electrons. The second kappa shape index (κ2) is 7.87. The first-order chi connectivity index (χ1) is 10.1. The molecule has 4 nitrogen and oxygen atoms in total. The Labute approximate surface area is 135 Å². The normalized spacial score (nSPS) is 15.7. The summed E-state index contributed by atoms with van der Waals surface area (Å²) in [4.78, 5) is 14.1. The smallest absolute Gasteiger partial charge is 0.260 e. The maximum atomic E-state index is 12.2. The van der Waals surface area contributed by atoms with Gasteiger partial charge in [-0.2, -0.15) is 0 Å². The largest absolute Gasteiger partial charge is 0.482 e. The van der Waals surface area contributed by atoms with E-state index in [2.05, 4.69) is 0 Å². The molecule has 1 amide bonds. The summed E-state index contributed by atoms with van der Waals surface area (Å²) < 4.78 is 5.61. The monoisotopic (exact) mass is 330 g/mol. The lowest BCUT2D eigenvalue weighted by Gasteiger charge is -2.21. The van der Waals surface area contributed by atoms with Gasteiger partial charge in [0.15, 0.2) is 6.61 Å². The van der Waals surface area contributed by atoms with Gasteiger partial charge in [0.25, 0.3) is 5.91 Å². The number of hydrogen-bond acceptors (Lipinski definition) is 3. The van der Waals surface area contributed by atoms with Crippen LogP contribution in [0.4, 0.5) is 0 Å². The van der Waals surface area contributed by atoms with Crippen molar-refractivity contribution >= 4 is 29.1 Å². The van der Waals surface area contributed by atoms with Gasteiger partial charge in [0.2, 0.25) is 0 Å². The van der Waals surface area contributed by atoms with Crippen LogP contribution < -0.4 is 10.5 Å². The first-order valence-corrected chi connectivity index (χ1v) is 7.96. The minimum absolute atomic E-state index is 0.00844. The molecule has 0 atom stereocenters. The fourth-order valence-electron chi connectivity index (χ4n) is 2.47. The number of halogens is 2. The van der Waals surface area contributed by atoms with E-state index in [-0.39, 0.29) is 19.1 Å². The fourth-order valence-corrected chi connectivity index (χ4v) is 3.06. The lowest BCUT2D eigenvalue weighted by Crippen LogP contribution is -2.35. The molecular formula is C15H20Cl2N2O2. The third kappa shape index (κ3) is 4.50. The van der Waals surface area contributed by atoms with Crippen molar-refractivity contribution in [2.45, 2.75) is 32.2 Å². The predicted molar refractivity (Wildman–Crippen MR) is 84.9 cm³/mol. The highest BCUT2D eigenvalue weighted by molar-refractivity contribution is 6.35. The Balaban J connectivity index is 2.00. The van der Waals surface area contributed by atoms with Crippen molar-refractivity contribution in [1.29, 1.82) is 0 Å². The van der Waals surface area contributed by atoms with Crippen LogP contribution in [0.1, 0.15) is 31.2 Å². The van der Waals surface area contributed by atoms with E-state index in [1.807, 2.05) is 4.90 Å². The van der Waals surface area contributed by atoms with E-state index in [0.717, 1.165) is 25.9 Å². The average molecular weight is 331 g/mol. The molecule has 6 heteroatoms. The summed E-state index contributed by atoms with van der Waals surface area (Å²) in [5.74, 6) is 0.442. The molecule has 0 spiro atoms. The molecule has 1 fully saturated rings. The van der Waals surface area contributed by atoms with Crippen molar-refractivity contribution in [3.05, 3.63) is 27.7 Å². The summed E-state index contributed by atoms with van der Waals surface area (Å²) in [6, 6.07) is 3.30. The highest BCUT2D eigenvalue weighted by atomic mass is 35.5. The molecule has 2 rings (SSSR count). The Morgan fingerprint density at radius 3 is 2.48 bits per heavy atom. The van der Waals surface area contributed by atoms with Crippen molar-refractivity contribution < 1.29 is 9.53 Å². The molecule has 1 aliphatic rings. The molecule has 0 saturated carbocycles. The Morgan fingerprint density at radius 1 is 1.19 bits per heavy atom. The van der Waals surface area contributed by atoms with E-state index < -0.39 is 0 Å². The van der Waals surface area contributed by atoms with E-state index in [4.69, 9.17) is 33.7 Å². The van der Waals surface area contributed by atoms with Gasteiger partial charge < -0.3 is 15.4 Å². The third-order valence-corrected chi connectivity index (χ3v) is 4.10. The summed E-state index contributed by atoms with van der Waals surface area (Å²) in [5, 5.41) is 0.887. The Hall–Kier alpha value is -0.970. The maximum absolute atomic E-state index is 12.2. The number of benzene rings is 1. The van der Waals surface area contributed by atoms with Crippen molar-refractivity contribution in [2.24, 2.45) is 5.73 Å². The van der Waals surface area contributed by atoms with Crippen LogP contribution in [0.25, 0.3) is 0 Å². The van der Waals surface area contributed by atoms with Gasteiger partial charge in [-0.25, -0.2) is 0 Å². The molecule has 1 heterocycles. The van der Waals surface area contributed by atoms with Crippen LogP contribution in [0, 0.1) is 0 Å². The molecule has 1 aromatic rings. The van der Waals surface area contributed by atoms with Crippen LogP contribution in [0.3, 0.4) is 0 Å². The average Bonchev–Trinajstić information content (AvgIpc) is 2.74. The van der Waals surface area contributed by atoms with Gasteiger partial charge >= 0.3 is 0 Å². The summed E-state index contributed by atoms with van der Waals surface area (Å²) >= 11 is 12.1. The zero-order valence-corrected chi connectivity index (χ0v) is 13.4. The van der Waals surface area contributed by atoms with Crippen LogP contribution in [0.2, 0.25) is 10.0 Å². The zero-order valence-electron chi connectivity index (χ0n) is 11.9. The molecule has 1 saturated heterocycles. The third-order valence-electron chi connectivity index (χ3n) is 3.60. The van der Waals surface area contributed by atoms with E-state index in [0.29, 0.717) is 21.4 Å². The fraction of sp³-hybridized carbons (Fsp3) is 0.533. The minimum Gasteiger partial charge on any atom is -0.482 e. The predicted octanol–water partition coefficient (Wildman–Crippen LogP) is 3.23. The molecular weight excluding hydrogens is 311 g/mol. The van der Waals surface area contributed by atoms with Crippen LogP contribution in [0.5, 0.6) is 5.75 Å². The van der Waals surface area contributed by atoms with Gasteiger partial charge in [0, 0.05) is 30.2 Å². The second-order valence-electron chi connectivity index (χ2n) is 5.16. The number of carbonyl (C=O) groups is 1. The molecule has 1 aliphatic heterocycles. The number of amides is 1. The van der Waals surface area contributed by atoms with Crippen LogP contribution in [-0.4, -0.2) is 30.5 Å². The van der Waals surface area contributed by atoms with Crippen LogP contribution in [-0.2, 0) is 11.3 Å². The van der Waals surface area contributed by atoms with Gasteiger partial charge in [-0.1, -0.05) is 36.0 Å². The number of rotatable bonds is 4. The molecule has 0 unspecified atom stereocenters. The topological polar surface area (TPSA) is 55.6 Å². The number of nitrogens with two attached hydrogens (primary N) is 1. The number of ether oxygens (including phenoxy) is 1. The highest BCUT2D eigenvalue weighted by Gasteiger charge is 2.17. The Morgan fingerprint density at radius 2 is 1.86 bits per heavy atom. The van der Waals surface area contributed by atoms with E-state index in [1.165, 1.54) is 12.8 Å². The lowest BCUT2D eigenvalue weighted by molar-refractivity contribution is -0.133. The van der Waals surface area contributed by atoms with Crippen LogP contribution >= 0.6 is 23.2 Å². The van der Waals surface area contributed by atoms with Gasteiger partial charge in [0.05, 0.1) is 5.02 Å². The van der Waals surface area contributed by atoms with Gasteiger partial charge in [0.1, 0.15) is 5.75 Å². The molecule has 116 valence electrons. The zero-order chi connectivity index (χ0) is 15.2. The molecule has 2 N–H and O–H groups in total. The molecule has 1 aromatic carbocycles. The number of nitrogens with zero attached hydrogens (tertiary/aromatic N) is 1. The quantitative estimate of drug-likeness (QED) is 0.921. The molecule has 0 aromatic heterocycles. The number of hydrogen-bond donors (Lipinski definition) is 1. The van der Waals surface area contributed by atoms with Crippen molar-refractivity contribution in [2.75, 3.05) is 19.7 Å². The minimum atomic E-state index is -0.0195. The second-order valence-corrected chi connectivity index (χ2v) is 6.01. The summed E-state index contributed by atoms with van der Waals surface area (Å²) in [5.41, 5.74) is 6.37. The highest BCUT2D eigenvalue weighted by Crippen LogP contribution is 2.32. The van der Waals surface area contributed by atoms with E-state index in [1.54, 1.807) is 12.1 Å². The molecule has 21 heavy (non-hydrogen) atoms. The SMILES string of the molecule is NCc1cc(Cl)cc(Cl)c1OCC(=O)N1CCCCCC1. The summed E-state index contributed by atoms with van der Waals surface area (Å²) in [7, 11) is 0. The van der Waals surface area contributed by atoms with E-state index >= 15 is 0 Å². The molecule has 0 bridgehead atoms. The molecule has 0 aliphatic carbocycles.